The number of Topliss-reactive ketones (excluding diaryl/α,β-unsaturated/α-hetero) is 2. The minimum absolute atomic E-state index is 0.116. The van der Waals surface area contributed by atoms with Crippen molar-refractivity contribution in [3.8, 4) is 5.75 Å². The Balaban J connectivity index is 1.64. The highest BCUT2D eigenvalue weighted by Crippen LogP contribution is 2.53. The molecule has 1 saturated carbocycles. The van der Waals surface area contributed by atoms with Gasteiger partial charge < -0.3 is 36.8 Å². The predicted molar refractivity (Wildman–Crippen MR) is 134 cm³/mol. The molecule has 0 aromatic heterocycles. The van der Waals surface area contributed by atoms with Crippen LogP contribution in [0.1, 0.15) is 30.4 Å². The molecule has 39 heavy (non-hydrogen) atoms. The summed E-state index contributed by atoms with van der Waals surface area (Å²) in [6.45, 7) is 0.627. The van der Waals surface area contributed by atoms with Crippen LogP contribution < -0.4 is 16.4 Å². The largest absolute Gasteiger partial charge is 0.508 e. The minimum Gasteiger partial charge on any atom is -0.508 e. The molecule has 1 unspecified atom stereocenters. The lowest BCUT2D eigenvalue weighted by Gasteiger charge is -2.50. The second-order valence-corrected chi connectivity index (χ2v) is 10.7. The van der Waals surface area contributed by atoms with Gasteiger partial charge in [-0.05, 0) is 52.2 Å². The van der Waals surface area contributed by atoms with Crippen molar-refractivity contribution in [2.75, 3.05) is 26.0 Å². The van der Waals surface area contributed by atoms with Crippen LogP contribution >= 0.6 is 0 Å². The van der Waals surface area contributed by atoms with E-state index in [0.717, 1.165) is 12.5 Å². The number of aliphatic hydroxyl groups excluding tert-OH is 2. The summed E-state index contributed by atoms with van der Waals surface area (Å²) in [5.74, 6) is -9.65. The predicted octanol–water partition coefficient (Wildman–Crippen LogP) is -0.206. The average Bonchev–Trinajstić information content (AvgIpc) is 3.39. The Bertz CT molecular complexity index is 1400. The van der Waals surface area contributed by atoms with Crippen molar-refractivity contribution in [2.45, 2.75) is 43.4 Å². The molecule has 1 aliphatic heterocycles. The molecule has 1 aromatic rings. The molecular formula is C26H29FN4O8. The summed E-state index contributed by atoms with van der Waals surface area (Å²) < 4.78 is 15.3. The molecule has 1 aromatic carbocycles. The molecule has 2 fully saturated rings. The maximum Gasteiger partial charge on any atom is 0.255 e. The third-order valence-corrected chi connectivity index (χ3v) is 8.30. The zero-order valence-electron chi connectivity index (χ0n) is 21.2. The van der Waals surface area contributed by atoms with E-state index in [1.165, 1.54) is 19.0 Å². The van der Waals surface area contributed by atoms with Gasteiger partial charge in [0, 0.05) is 23.1 Å². The molecule has 3 aliphatic carbocycles. The molecule has 1 saturated heterocycles. The molecule has 0 bridgehead atoms. The third kappa shape index (κ3) is 3.75. The molecule has 208 valence electrons. The summed E-state index contributed by atoms with van der Waals surface area (Å²) in [6, 6.07) is -0.845. The highest BCUT2D eigenvalue weighted by molar-refractivity contribution is 6.24. The van der Waals surface area contributed by atoms with E-state index in [-0.39, 0.29) is 24.1 Å². The van der Waals surface area contributed by atoms with Gasteiger partial charge in [-0.1, -0.05) is 0 Å². The molecule has 5 rings (SSSR count). The molecule has 1 heterocycles. The Labute approximate surface area is 222 Å². The van der Waals surface area contributed by atoms with Crippen molar-refractivity contribution in [2.24, 2.45) is 17.6 Å². The number of nitrogens with two attached hydrogens (primary N) is 1. The quantitative estimate of drug-likeness (QED) is 0.196. The molecule has 0 radical (unpaired) electrons. The lowest BCUT2D eigenvalue weighted by atomic mass is 9.57. The monoisotopic (exact) mass is 544 g/mol. The van der Waals surface area contributed by atoms with Gasteiger partial charge in [-0.3, -0.25) is 24.1 Å². The van der Waals surface area contributed by atoms with Crippen molar-refractivity contribution < 1.29 is 44.0 Å². The van der Waals surface area contributed by atoms with E-state index in [1.54, 1.807) is 0 Å². The van der Waals surface area contributed by atoms with Gasteiger partial charge in [-0.25, -0.2) is 4.39 Å². The molecule has 0 spiro atoms. The van der Waals surface area contributed by atoms with Crippen LogP contribution in [0.15, 0.2) is 23.0 Å². The van der Waals surface area contributed by atoms with Crippen molar-refractivity contribution in [3.63, 3.8) is 0 Å². The number of carbonyl (C=O) groups is 4. The molecule has 8 N–H and O–H groups in total. The Morgan fingerprint density at radius 3 is 2.51 bits per heavy atom. The third-order valence-electron chi connectivity index (χ3n) is 8.30. The van der Waals surface area contributed by atoms with E-state index in [1.807, 2.05) is 0 Å². The number of halogens is 1. The van der Waals surface area contributed by atoms with E-state index in [0.29, 0.717) is 13.0 Å². The number of hydrogen-bond donors (Lipinski definition) is 7. The van der Waals surface area contributed by atoms with Crippen LogP contribution in [0.4, 0.5) is 10.1 Å². The maximum atomic E-state index is 15.3. The second-order valence-electron chi connectivity index (χ2n) is 10.7. The van der Waals surface area contributed by atoms with E-state index in [2.05, 4.69) is 10.6 Å². The van der Waals surface area contributed by atoms with E-state index in [9.17, 15) is 39.6 Å². The van der Waals surface area contributed by atoms with E-state index >= 15 is 4.39 Å². The number of aliphatic hydroxyl groups is 3. The number of carbonyl (C=O) groups excluding carboxylic acids is 4. The number of benzene rings is 1. The maximum absolute atomic E-state index is 15.3. The Kier molecular flexibility index (Phi) is 6.28. The number of primary amides is 1. The van der Waals surface area contributed by atoms with Crippen molar-refractivity contribution >= 4 is 34.8 Å². The number of hydrogen-bond acceptors (Lipinski definition) is 10. The number of ketones is 2. The second kappa shape index (κ2) is 9.14. The lowest BCUT2D eigenvalue weighted by Crippen LogP contribution is -2.65. The van der Waals surface area contributed by atoms with Crippen LogP contribution in [0.3, 0.4) is 0 Å². The van der Waals surface area contributed by atoms with E-state index < -0.39 is 92.7 Å². The number of amides is 2. The topological polar surface area (TPSA) is 203 Å². The summed E-state index contributed by atoms with van der Waals surface area (Å²) in [5.41, 5.74) is 0.325. The summed E-state index contributed by atoms with van der Waals surface area (Å²) in [6.07, 6.45) is 0.970. The Hall–Kier alpha value is -3.81. The fourth-order valence-corrected chi connectivity index (χ4v) is 6.49. The molecule has 12 nitrogen and oxygen atoms in total. The van der Waals surface area contributed by atoms with Gasteiger partial charge in [-0.15, -0.1) is 0 Å². The number of rotatable bonds is 4. The summed E-state index contributed by atoms with van der Waals surface area (Å²) >= 11 is 0. The minimum atomic E-state index is -2.79. The van der Waals surface area contributed by atoms with Crippen LogP contribution in [0.5, 0.6) is 5.75 Å². The number of phenols is 1. The highest BCUT2D eigenvalue weighted by Gasteiger charge is 2.64. The normalized spacial score (nSPS) is 30.3. The highest BCUT2D eigenvalue weighted by atomic mass is 19.1. The smallest absolute Gasteiger partial charge is 0.255 e. The van der Waals surface area contributed by atoms with E-state index in [4.69, 9.17) is 5.73 Å². The SMILES string of the molecule is CN(C)[C@@H]1C(=O)C(C(N)=O)=C(O)[C@@]2(O)C(=O)C3=C(O)c4c(O)c(NC(=O)C5CCCN5)cc(F)c4C[C@H]3C[C@@H]12. The van der Waals surface area contributed by atoms with Gasteiger partial charge in [-0.2, -0.15) is 0 Å². The molecule has 5 atom stereocenters. The fourth-order valence-electron chi connectivity index (χ4n) is 6.49. The number of anilines is 1. The summed E-state index contributed by atoms with van der Waals surface area (Å²) in [5, 5.41) is 50.1. The lowest BCUT2D eigenvalue weighted by molar-refractivity contribution is -0.153. The number of aromatic hydroxyl groups is 1. The summed E-state index contributed by atoms with van der Waals surface area (Å²) in [4.78, 5) is 52.9. The molecule has 4 aliphatic rings. The van der Waals surface area contributed by atoms with Crippen molar-refractivity contribution in [1.29, 1.82) is 0 Å². The van der Waals surface area contributed by atoms with Gasteiger partial charge in [0.1, 0.15) is 22.9 Å². The van der Waals surface area contributed by atoms with Crippen LogP contribution in [0.25, 0.3) is 5.76 Å². The van der Waals surface area contributed by atoms with Crippen LogP contribution in [0, 0.1) is 17.7 Å². The van der Waals surface area contributed by atoms with Crippen molar-refractivity contribution in [3.05, 3.63) is 39.9 Å². The first-order valence-corrected chi connectivity index (χ1v) is 12.5. The first-order valence-electron chi connectivity index (χ1n) is 12.5. The summed E-state index contributed by atoms with van der Waals surface area (Å²) in [7, 11) is 2.98. The standard InChI is InChI=1S/C26H29FN4O8/c1-31(2)18-11-7-9-6-10-12(27)8-14(30-25(38)13-4-3-5-29-13)19(32)16(10)20(33)15(9)22(35)26(11,39)23(36)17(21(18)34)24(28)37/h8-9,11,13,18,29,32-33,36,39H,3-7H2,1-2H3,(H2,28,37)(H,30,38)/t9-,11-,13?,18-,26-/m0/s1. The van der Waals surface area contributed by atoms with Gasteiger partial charge in [0.25, 0.3) is 5.91 Å². The number of likely N-dealkylation sites (N-methyl/N-ethyl adjacent to an activating group) is 1. The Morgan fingerprint density at radius 2 is 1.92 bits per heavy atom. The van der Waals surface area contributed by atoms with Crippen molar-refractivity contribution in [1.82, 2.24) is 10.2 Å². The molecule has 2 amide bonds. The van der Waals surface area contributed by atoms with Crippen LogP contribution in [-0.2, 0) is 25.6 Å². The zero-order valence-corrected chi connectivity index (χ0v) is 21.2. The fraction of sp³-hybridized carbons (Fsp3) is 0.462. The van der Waals surface area contributed by atoms with Crippen LogP contribution in [-0.4, -0.2) is 87.0 Å². The Morgan fingerprint density at radius 1 is 1.23 bits per heavy atom. The first kappa shape index (κ1) is 26.8. The zero-order chi connectivity index (χ0) is 28.5. The van der Waals surface area contributed by atoms with Gasteiger partial charge >= 0.3 is 0 Å². The first-order chi connectivity index (χ1) is 18.3. The average molecular weight is 545 g/mol. The number of fused-ring (bicyclic) bond motifs is 3. The molecular weight excluding hydrogens is 515 g/mol. The number of phenolic OH excluding ortho intramolecular Hbond substituents is 1. The number of nitrogens with one attached hydrogen (secondary N) is 2. The van der Waals surface area contributed by atoms with Gasteiger partial charge in [0.05, 0.1) is 23.3 Å². The molecule has 13 heteroatoms. The van der Waals surface area contributed by atoms with Crippen LogP contribution in [0.2, 0.25) is 0 Å². The van der Waals surface area contributed by atoms with Gasteiger partial charge in [0.15, 0.2) is 17.1 Å². The van der Waals surface area contributed by atoms with Gasteiger partial charge in [0.2, 0.25) is 11.7 Å². The number of nitrogens with zero attached hydrogens (tertiary/aromatic N) is 1.